The van der Waals surface area contributed by atoms with E-state index >= 15 is 0 Å². The molecule has 0 spiro atoms. The average Bonchev–Trinajstić information content (AvgIpc) is 2.73. The Labute approximate surface area is 172 Å². The Kier molecular flexibility index (Phi) is 7.87. The number of benzene rings is 2. The van der Waals surface area contributed by atoms with Gasteiger partial charge in [0.05, 0.1) is 6.61 Å². The molecule has 1 heterocycles. The molecular formula is C23H30FN3O2. The van der Waals surface area contributed by atoms with E-state index in [1.54, 1.807) is 0 Å². The molecule has 0 bridgehead atoms. The molecular weight excluding hydrogens is 369 g/mol. The number of rotatable bonds is 8. The van der Waals surface area contributed by atoms with E-state index in [0.717, 1.165) is 42.2 Å². The van der Waals surface area contributed by atoms with Crippen LogP contribution in [-0.2, 0) is 24.2 Å². The monoisotopic (exact) mass is 399 g/mol. The minimum absolute atomic E-state index is 0.206. The lowest BCUT2D eigenvalue weighted by atomic mass is 10.1. The Morgan fingerprint density at radius 3 is 2.83 bits per heavy atom. The minimum atomic E-state index is -0.267. The SMILES string of the molecule is CCNC(=NCCc1cc(F)cc2c1OCOC2)NC(C)CCc1ccccc1. The van der Waals surface area contributed by atoms with Crippen molar-refractivity contribution >= 4 is 5.96 Å². The summed E-state index contributed by atoms with van der Waals surface area (Å²) in [5.74, 6) is 1.25. The van der Waals surface area contributed by atoms with Gasteiger partial charge in [0.2, 0.25) is 0 Å². The van der Waals surface area contributed by atoms with Crippen molar-refractivity contribution in [1.29, 1.82) is 0 Å². The zero-order chi connectivity index (χ0) is 20.5. The molecule has 0 amide bonds. The fraction of sp³-hybridized carbons (Fsp3) is 0.435. The molecule has 2 N–H and O–H groups in total. The van der Waals surface area contributed by atoms with Crippen LogP contribution >= 0.6 is 0 Å². The molecule has 2 aromatic carbocycles. The maximum atomic E-state index is 13.9. The fourth-order valence-corrected chi connectivity index (χ4v) is 3.38. The second-order valence-electron chi connectivity index (χ2n) is 7.24. The van der Waals surface area contributed by atoms with Crippen molar-refractivity contribution in [2.75, 3.05) is 19.9 Å². The number of aliphatic imine (C=N–C) groups is 1. The fourth-order valence-electron chi connectivity index (χ4n) is 3.38. The molecule has 0 fully saturated rings. The maximum Gasteiger partial charge on any atom is 0.191 e. The Bertz CT molecular complexity index is 811. The summed E-state index contributed by atoms with van der Waals surface area (Å²) in [6.45, 7) is 6.12. The summed E-state index contributed by atoms with van der Waals surface area (Å²) < 4.78 is 24.7. The third-order valence-electron chi connectivity index (χ3n) is 4.84. The Morgan fingerprint density at radius 1 is 1.21 bits per heavy atom. The van der Waals surface area contributed by atoms with Gasteiger partial charge in [0.15, 0.2) is 12.8 Å². The quantitative estimate of drug-likeness (QED) is 0.524. The van der Waals surface area contributed by atoms with Gasteiger partial charge in [0, 0.05) is 24.7 Å². The van der Waals surface area contributed by atoms with Gasteiger partial charge in [0.25, 0.3) is 0 Å². The predicted molar refractivity (Wildman–Crippen MR) is 114 cm³/mol. The lowest BCUT2D eigenvalue weighted by molar-refractivity contribution is -0.0172. The predicted octanol–water partition coefficient (Wildman–Crippen LogP) is 3.81. The van der Waals surface area contributed by atoms with Gasteiger partial charge in [-0.15, -0.1) is 0 Å². The standard InChI is InChI=1S/C23H30FN3O2/c1-3-25-23(27-17(2)9-10-18-7-5-4-6-8-18)26-12-11-19-13-21(24)14-20-15-28-16-29-22(19)20/h4-8,13-14,17H,3,9-12,15-16H2,1-2H3,(H2,25,26,27). The Balaban J connectivity index is 1.56. The van der Waals surface area contributed by atoms with Crippen LogP contribution in [0.2, 0.25) is 0 Å². The number of aryl methyl sites for hydroxylation is 1. The Hall–Kier alpha value is -2.60. The van der Waals surface area contributed by atoms with E-state index < -0.39 is 0 Å². The summed E-state index contributed by atoms with van der Waals surface area (Å²) in [4.78, 5) is 4.67. The smallest absolute Gasteiger partial charge is 0.191 e. The van der Waals surface area contributed by atoms with Gasteiger partial charge in [-0.3, -0.25) is 4.99 Å². The van der Waals surface area contributed by atoms with Crippen molar-refractivity contribution in [3.8, 4) is 5.75 Å². The number of fused-ring (bicyclic) bond motifs is 1. The normalized spacial score (nSPS) is 14.7. The van der Waals surface area contributed by atoms with Crippen LogP contribution < -0.4 is 15.4 Å². The topological polar surface area (TPSA) is 54.9 Å². The highest BCUT2D eigenvalue weighted by Crippen LogP contribution is 2.29. The van der Waals surface area contributed by atoms with Crippen LogP contribution in [0.25, 0.3) is 0 Å². The summed E-state index contributed by atoms with van der Waals surface area (Å²) in [7, 11) is 0. The van der Waals surface area contributed by atoms with Gasteiger partial charge in [-0.2, -0.15) is 0 Å². The van der Waals surface area contributed by atoms with Gasteiger partial charge in [-0.05, 0) is 56.4 Å². The summed E-state index contributed by atoms with van der Waals surface area (Å²) in [6, 6.07) is 13.8. The van der Waals surface area contributed by atoms with E-state index in [0.29, 0.717) is 19.6 Å². The lowest BCUT2D eigenvalue weighted by Gasteiger charge is -2.21. The number of guanidine groups is 1. The van der Waals surface area contributed by atoms with Crippen molar-refractivity contribution in [3.05, 3.63) is 65.0 Å². The number of nitrogens with one attached hydrogen (secondary N) is 2. The van der Waals surface area contributed by atoms with Gasteiger partial charge in [-0.1, -0.05) is 30.3 Å². The molecule has 2 aromatic rings. The van der Waals surface area contributed by atoms with Crippen LogP contribution in [0.4, 0.5) is 4.39 Å². The van der Waals surface area contributed by atoms with Crippen molar-refractivity contribution in [3.63, 3.8) is 0 Å². The molecule has 1 unspecified atom stereocenters. The largest absolute Gasteiger partial charge is 0.467 e. The highest BCUT2D eigenvalue weighted by Gasteiger charge is 2.16. The van der Waals surface area contributed by atoms with Crippen LogP contribution in [0.3, 0.4) is 0 Å². The van der Waals surface area contributed by atoms with Crippen LogP contribution in [0.15, 0.2) is 47.5 Å². The number of ether oxygens (including phenoxy) is 2. The average molecular weight is 400 g/mol. The van der Waals surface area contributed by atoms with Crippen molar-refractivity contribution in [1.82, 2.24) is 10.6 Å². The van der Waals surface area contributed by atoms with E-state index in [1.807, 2.05) is 13.0 Å². The second kappa shape index (κ2) is 10.8. The van der Waals surface area contributed by atoms with Crippen molar-refractivity contribution < 1.29 is 13.9 Å². The molecule has 0 saturated carbocycles. The molecule has 1 aliphatic rings. The Morgan fingerprint density at radius 2 is 2.03 bits per heavy atom. The summed E-state index contributed by atoms with van der Waals surface area (Å²) >= 11 is 0. The van der Waals surface area contributed by atoms with Gasteiger partial charge in [0.1, 0.15) is 11.6 Å². The van der Waals surface area contributed by atoms with Gasteiger partial charge < -0.3 is 20.1 Å². The molecule has 5 nitrogen and oxygen atoms in total. The molecule has 6 heteroatoms. The minimum Gasteiger partial charge on any atom is -0.467 e. The van der Waals surface area contributed by atoms with Crippen LogP contribution in [0.5, 0.6) is 5.75 Å². The number of hydrogen-bond acceptors (Lipinski definition) is 3. The lowest BCUT2D eigenvalue weighted by Crippen LogP contribution is -2.42. The summed E-state index contributed by atoms with van der Waals surface area (Å²) in [6.07, 6.45) is 2.64. The summed E-state index contributed by atoms with van der Waals surface area (Å²) in [5.41, 5.74) is 2.93. The van der Waals surface area contributed by atoms with Crippen LogP contribution in [-0.4, -0.2) is 31.9 Å². The van der Waals surface area contributed by atoms with E-state index in [2.05, 4.69) is 46.8 Å². The van der Waals surface area contributed by atoms with E-state index in [-0.39, 0.29) is 18.7 Å². The number of hydrogen-bond donors (Lipinski definition) is 2. The first kappa shape index (κ1) is 21.1. The molecule has 3 rings (SSSR count). The zero-order valence-corrected chi connectivity index (χ0v) is 17.2. The first-order valence-electron chi connectivity index (χ1n) is 10.3. The van der Waals surface area contributed by atoms with Crippen LogP contribution in [0, 0.1) is 5.82 Å². The van der Waals surface area contributed by atoms with Gasteiger partial charge in [-0.25, -0.2) is 4.39 Å². The molecule has 156 valence electrons. The van der Waals surface area contributed by atoms with Crippen molar-refractivity contribution in [2.45, 2.75) is 45.8 Å². The van der Waals surface area contributed by atoms with Crippen molar-refractivity contribution in [2.24, 2.45) is 4.99 Å². The molecule has 0 aromatic heterocycles. The highest BCUT2D eigenvalue weighted by atomic mass is 19.1. The summed E-state index contributed by atoms with van der Waals surface area (Å²) in [5, 5.41) is 6.75. The molecule has 1 aliphatic heterocycles. The van der Waals surface area contributed by atoms with Crippen LogP contribution in [0.1, 0.15) is 37.0 Å². The zero-order valence-electron chi connectivity index (χ0n) is 17.2. The molecule has 1 atom stereocenters. The molecule has 0 saturated heterocycles. The van der Waals surface area contributed by atoms with E-state index in [9.17, 15) is 4.39 Å². The number of halogens is 1. The third-order valence-corrected chi connectivity index (χ3v) is 4.84. The molecule has 0 aliphatic carbocycles. The van der Waals surface area contributed by atoms with E-state index in [4.69, 9.17) is 9.47 Å². The first-order valence-corrected chi connectivity index (χ1v) is 10.3. The maximum absolute atomic E-state index is 13.9. The van der Waals surface area contributed by atoms with Gasteiger partial charge >= 0.3 is 0 Å². The molecule has 0 radical (unpaired) electrons. The molecule has 29 heavy (non-hydrogen) atoms. The first-order chi connectivity index (χ1) is 14.2. The third kappa shape index (κ3) is 6.46. The van der Waals surface area contributed by atoms with E-state index in [1.165, 1.54) is 17.7 Å². The number of nitrogens with zero attached hydrogens (tertiary/aromatic N) is 1. The highest BCUT2D eigenvalue weighted by molar-refractivity contribution is 5.80. The second-order valence-corrected chi connectivity index (χ2v) is 7.24.